The molecule has 1 aliphatic heterocycles. The van der Waals surface area contributed by atoms with Crippen molar-refractivity contribution in [2.45, 2.75) is 19.4 Å². The number of aromatic nitrogens is 2. The number of imidazole rings is 1. The zero-order chi connectivity index (χ0) is 11.5. The molecule has 1 fully saturated rings. The number of piperazine rings is 1. The Balaban J connectivity index is 2.18. The number of carbonyl (C=O) groups is 2. The normalized spacial score (nSPS) is 20.7. The summed E-state index contributed by atoms with van der Waals surface area (Å²) in [6.07, 6.45) is 5.19. The topological polar surface area (TPSA) is 67.2 Å². The van der Waals surface area contributed by atoms with Gasteiger partial charge in [0.2, 0.25) is 5.91 Å². The van der Waals surface area contributed by atoms with Crippen LogP contribution in [0.1, 0.15) is 13.3 Å². The van der Waals surface area contributed by atoms with Crippen LogP contribution in [0.2, 0.25) is 0 Å². The Labute approximate surface area is 93.3 Å². The fraction of sp³-hybridized carbons (Fsp3) is 0.500. The Morgan fingerprint density at radius 3 is 3.12 bits per heavy atom. The summed E-state index contributed by atoms with van der Waals surface area (Å²) < 4.78 is 1.39. The van der Waals surface area contributed by atoms with Gasteiger partial charge in [0, 0.05) is 25.5 Å². The third kappa shape index (κ3) is 1.78. The standard InChI is InChI=1S/C10H14N4O2/c1-2-8-9(15)12-4-6-14(8)10(16)13-5-3-11-7-13/h3,5,7-8H,2,4,6H2,1H3,(H,12,15). The number of carbonyl (C=O) groups excluding carboxylic acids is 2. The molecule has 0 bridgehead atoms. The number of nitrogens with zero attached hydrogens (tertiary/aromatic N) is 3. The predicted molar refractivity (Wildman–Crippen MR) is 56.8 cm³/mol. The number of nitrogens with one attached hydrogen (secondary N) is 1. The molecular weight excluding hydrogens is 208 g/mol. The smallest absolute Gasteiger partial charge is 0.330 e. The molecule has 1 unspecified atom stereocenters. The minimum Gasteiger partial charge on any atom is -0.353 e. The molecule has 1 aromatic rings. The van der Waals surface area contributed by atoms with Crippen molar-refractivity contribution in [1.29, 1.82) is 0 Å². The van der Waals surface area contributed by atoms with Crippen molar-refractivity contribution in [2.24, 2.45) is 0 Å². The molecule has 6 heteroatoms. The molecule has 2 heterocycles. The van der Waals surface area contributed by atoms with Gasteiger partial charge in [0.25, 0.3) is 0 Å². The molecule has 1 aromatic heterocycles. The van der Waals surface area contributed by atoms with E-state index in [-0.39, 0.29) is 18.0 Å². The maximum atomic E-state index is 12.0. The van der Waals surface area contributed by atoms with Crippen molar-refractivity contribution in [3.63, 3.8) is 0 Å². The Kier molecular flexibility index (Phi) is 2.89. The van der Waals surface area contributed by atoms with Gasteiger partial charge in [0.1, 0.15) is 12.4 Å². The van der Waals surface area contributed by atoms with Crippen LogP contribution in [-0.2, 0) is 4.79 Å². The minimum absolute atomic E-state index is 0.0813. The largest absolute Gasteiger partial charge is 0.353 e. The van der Waals surface area contributed by atoms with Crippen LogP contribution >= 0.6 is 0 Å². The maximum absolute atomic E-state index is 12.0. The first-order valence-electron chi connectivity index (χ1n) is 5.30. The Hall–Kier alpha value is -1.85. The first kappa shape index (κ1) is 10.7. The Morgan fingerprint density at radius 1 is 1.69 bits per heavy atom. The van der Waals surface area contributed by atoms with Gasteiger partial charge in [-0.1, -0.05) is 6.92 Å². The molecule has 86 valence electrons. The first-order valence-corrected chi connectivity index (χ1v) is 5.30. The van der Waals surface area contributed by atoms with E-state index < -0.39 is 0 Å². The van der Waals surface area contributed by atoms with Crippen molar-refractivity contribution < 1.29 is 9.59 Å². The molecule has 16 heavy (non-hydrogen) atoms. The molecule has 0 aromatic carbocycles. The van der Waals surface area contributed by atoms with E-state index in [1.807, 2.05) is 6.92 Å². The second kappa shape index (κ2) is 4.34. The Morgan fingerprint density at radius 2 is 2.50 bits per heavy atom. The SMILES string of the molecule is CCC1C(=O)NCCN1C(=O)n1ccnc1. The molecule has 2 amide bonds. The fourth-order valence-electron chi connectivity index (χ4n) is 1.87. The minimum atomic E-state index is -0.372. The molecular formula is C10H14N4O2. The van der Waals surface area contributed by atoms with Gasteiger partial charge in [-0.2, -0.15) is 0 Å². The highest BCUT2D eigenvalue weighted by molar-refractivity contribution is 5.88. The summed E-state index contributed by atoms with van der Waals surface area (Å²) in [6.45, 7) is 2.95. The number of hydrogen-bond donors (Lipinski definition) is 1. The van der Waals surface area contributed by atoms with Gasteiger partial charge in [-0.05, 0) is 6.42 Å². The van der Waals surface area contributed by atoms with Crippen molar-refractivity contribution >= 4 is 11.9 Å². The van der Waals surface area contributed by atoms with Crippen LogP contribution in [0.5, 0.6) is 0 Å². The van der Waals surface area contributed by atoms with Gasteiger partial charge in [0.05, 0.1) is 0 Å². The number of rotatable bonds is 1. The van der Waals surface area contributed by atoms with Crippen molar-refractivity contribution in [3.05, 3.63) is 18.7 Å². The third-order valence-corrected chi connectivity index (χ3v) is 2.69. The third-order valence-electron chi connectivity index (χ3n) is 2.69. The van der Waals surface area contributed by atoms with Gasteiger partial charge < -0.3 is 10.2 Å². The maximum Gasteiger partial charge on any atom is 0.330 e. The monoisotopic (exact) mass is 222 g/mol. The fourth-order valence-corrected chi connectivity index (χ4v) is 1.87. The molecule has 1 N–H and O–H groups in total. The van der Waals surface area contributed by atoms with Crippen molar-refractivity contribution in [2.75, 3.05) is 13.1 Å². The average molecular weight is 222 g/mol. The highest BCUT2D eigenvalue weighted by Crippen LogP contribution is 2.10. The van der Waals surface area contributed by atoms with E-state index in [0.717, 1.165) is 0 Å². The molecule has 1 atom stereocenters. The average Bonchev–Trinajstić information content (AvgIpc) is 2.81. The summed E-state index contributed by atoms with van der Waals surface area (Å²) in [5, 5.41) is 2.76. The van der Waals surface area contributed by atoms with Gasteiger partial charge in [-0.3, -0.25) is 9.36 Å². The van der Waals surface area contributed by atoms with Crippen LogP contribution in [0.25, 0.3) is 0 Å². The van der Waals surface area contributed by atoms with E-state index in [4.69, 9.17) is 0 Å². The van der Waals surface area contributed by atoms with Gasteiger partial charge in [-0.15, -0.1) is 0 Å². The molecule has 0 radical (unpaired) electrons. The summed E-state index contributed by atoms with van der Waals surface area (Å²) in [4.78, 5) is 29.0. The highest BCUT2D eigenvalue weighted by atomic mass is 16.2. The van der Waals surface area contributed by atoms with Crippen molar-refractivity contribution in [1.82, 2.24) is 19.8 Å². The molecule has 1 saturated heterocycles. The van der Waals surface area contributed by atoms with E-state index in [9.17, 15) is 9.59 Å². The van der Waals surface area contributed by atoms with Gasteiger partial charge >= 0.3 is 6.03 Å². The quantitative estimate of drug-likeness (QED) is 0.730. The molecule has 6 nitrogen and oxygen atoms in total. The summed E-state index contributed by atoms with van der Waals surface area (Å²) in [5.41, 5.74) is 0. The molecule has 0 spiro atoms. The lowest BCUT2D eigenvalue weighted by molar-refractivity contribution is -0.127. The van der Waals surface area contributed by atoms with E-state index >= 15 is 0 Å². The summed E-state index contributed by atoms with van der Waals surface area (Å²) in [5.74, 6) is -0.0813. The molecule has 0 saturated carbocycles. The van der Waals surface area contributed by atoms with Crippen LogP contribution in [-0.4, -0.2) is 45.5 Å². The lowest BCUT2D eigenvalue weighted by atomic mass is 10.1. The van der Waals surface area contributed by atoms with Gasteiger partial charge in [-0.25, -0.2) is 9.78 Å². The summed E-state index contributed by atoms with van der Waals surface area (Å²) in [6, 6.07) is -0.567. The number of amides is 2. The van der Waals surface area contributed by atoms with Crippen LogP contribution in [0.3, 0.4) is 0 Å². The first-order chi connectivity index (χ1) is 7.74. The molecule has 1 aliphatic rings. The summed E-state index contributed by atoms with van der Waals surface area (Å²) in [7, 11) is 0. The number of hydrogen-bond acceptors (Lipinski definition) is 3. The molecule has 0 aliphatic carbocycles. The van der Waals surface area contributed by atoms with Gasteiger partial charge in [0.15, 0.2) is 0 Å². The summed E-state index contributed by atoms with van der Waals surface area (Å²) >= 11 is 0. The van der Waals surface area contributed by atoms with Crippen LogP contribution < -0.4 is 5.32 Å². The van der Waals surface area contributed by atoms with Crippen LogP contribution in [0.15, 0.2) is 18.7 Å². The Bertz CT molecular complexity index is 388. The second-order valence-electron chi connectivity index (χ2n) is 3.66. The predicted octanol–water partition coefficient (Wildman–Crippen LogP) is 0.0616. The van der Waals surface area contributed by atoms with Crippen LogP contribution in [0, 0.1) is 0 Å². The van der Waals surface area contributed by atoms with E-state index in [2.05, 4.69) is 10.3 Å². The zero-order valence-corrected chi connectivity index (χ0v) is 9.09. The zero-order valence-electron chi connectivity index (χ0n) is 9.09. The highest BCUT2D eigenvalue weighted by Gasteiger charge is 2.31. The second-order valence-corrected chi connectivity index (χ2v) is 3.66. The van der Waals surface area contributed by atoms with Crippen LogP contribution in [0.4, 0.5) is 4.79 Å². The molecule has 2 rings (SSSR count). The lowest BCUT2D eigenvalue weighted by Crippen LogP contribution is -2.57. The van der Waals surface area contributed by atoms with E-state index in [1.165, 1.54) is 10.9 Å². The lowest BCUT2D eigenvalue weighted by Gasteiger charge is -2.34. The van der Waals surface area contributed by atoms with Crippen molar-refractivity contribution in [3.8, 4) is 0 Å². The van der Waals surface area contributed by atoms with E-state index in [0.29, 0.717) is 19.5 Å². The van der Waals surface area contributed by atoms with E-state index in [1.54, 1.807) is 17.3 Å².